The van der Waals surface area contributed by atoms with Crippen LogP contribution >= 0.6 is 12.2 Å². The molecular weight excluding hydrogens is 236 g/mol. The van der Waals surface area contributed by atoms with Crippen molar-refractivity contribution in [3.8, 4) is 11.5 Å². The van der Waals surface area contributed by atoms with Gasteiger partial charge in [0, 0.05) is 30.1 Å². The molecule has 0 atom stereocenters. The highest BCUT2D eigenvalue weighted by molar-refractivity contribution is 7.71. The monoisotopic (exact) mass is 246 g/mol. The second kappa shape index (κ2) is 4.31. The highest BCUT2D eigenvalue weighted by Gasteiger charge is 2.14. The Balaban J connectivity index is 2.14. The van der Waals surface area contributed by atoms with Gasteiger partial charge in [-0.1, -0.05) is 12.2 Å². The average Bonchev–Trinajstić information content (AvgIpc) is 2.40. The second-order valence-corrected chi connectivity index (χ2v) is 4.13. The molecule has 3 heterocycles. The zero-order chi connectivity index (χ0) is 11.7. The molecule has 0 spiro atoms. The fraction of sp³-hybridized carbons (Fsp3) is 0.273. The SMILES string of the molecule is S=c1nc(-c2cnccn2)[nH]c2c1COCC2. The van der Waals surface area contributed by atoms with Gasteiger partial charge in [0.15, 0.2) is 5.82 Å². The quantitative estimate of drug-likeness (QED) is 0.775. The molecule has 0 saturated carbocycles. The summed E-state index contributed by atoms with van der Waals surface area (Å²) in [4.78, 5) is 15.8. The predicted molar refractivity (Wildman–Crippen MR) is 63.8 cm³/mol. The number of aromatic nitrogens is 4. The van der Waals surface area contributed by atoms with Gasteiger partial charge in [-0.15, -0.1) is 0 Å². The van der Waals surface area contributed by atoms with Crippen LogP contribution in [-0.4, -0.2) is 26.5 Å². The summed E-state index contributed by atoms with van der Waals surface area (Å²) >= 11 is 5.27. The van der Waals surface area contributed by atoms with Crippen molar-refractivity contribution >= 4 is 12.2 Å². The van der Waals surface area contributed by atoms with Crippen LogP contribution in [0.2, 0.25) is 0 Å². The summed E-state index contributed by atoms with van der Waals surface area (Å²) in [6, 6.07) is 0. The second-order valence-electron chi connectivity index (χ2n) is 3.74. The number of H-pyrrole nitrogens is 1. The standard InChI is InChI=1S/C11H10N4OS/c17-11-7-6-16-4-1-8(7)14-10(15-11)9-5-12-2-3-13-9/h2-3,5H,1,4,6H2,(H,14,15,17). The number of aromatic amines is 1. The van der Waals surface area contributed by atoms with E-state index < -0.39 is 0 Å². The van der Waals surface area contributed by atoms with E-state index in [0.717, 1.165) is 17.7 Å². The molecule has 0 amide bonds. The Bertz CT molecular complexity index is 596. The maximum Gasteiger partial charge on any atom is 0.159 e. The first-order chi connectivity index (χ1) is 8.34. The molecule has 0 bridgehead atoms. The Hall–Kier alpha value is -1.66. The normalized spacial score (nSPS) is 14.4. The van der Waals surface area contributed by atoms with E-state index >= 15 is 0 Å². The Morgan fingerprint density at radius 3 is 3.12 bits per heavy atom. The predicted octanol–water partition coefficient (Wildman–Crippen LogP) is 1.67. The van der Waals surface area contributed by atoms with Gasteiger partial charge in [0.1, 0.15) is 10.3 Å². The van der Waals surface area contributed by atoms with E-state index in [1.807, 2.05) is 0 Å². The first-order valence-corrected chi connectivity index (χ1v) is 5.71. The van der Waals surface area contributed by atoms with Gasteiger partial charge in [0.25, 0.3) is 0 Å². The van der Waals surface area contributed by atoms with Crippen LogP contribution in [0.15, 0.2) is 18.6 Å². The van der Waals surface area contributed by atoms with E-state index in [4.69, 9.17) is 17.0 Å². The molecule has 0 aliphatic carbocycles. The Kier molecular flexibility index (Phi) is 2.66. The van der Waals surface area contributed by atoms with Crippen molar-refractivity contribution in [3.05, 3.63) is 34.5 Å². The number of hydrogen-bond donors (Lipinski definition) is 1. The summed E-state index contributed by atoms with van der Waals surface area (Å²) in [5, 5.41) is 0. The summed E-state index contributed by atoms with van der Waals surface area (Å²) in [5.74, 6) is 0.670. The topological polar surface area (TPSA) is 63.7 Å². The van der Waals surface area contributed by atoms with Gasteiger partial charge in [-0.05, 0) is 0 Å². The molecule has 6 heteroatoms. The molecule has 86 valence electrons. The molecule has 5 nitrogen and oxygen atoms in total. The number of nitrogens with one attached hydrogen (secondary N) is 1. The minimum Gasteiger partial charge on any atom is -0.376 e. The molecule has 3 rings (SSSR count). The number of rotatable bonds is 1. The van der Waals surface area contributed by atoms with Gasteiger partial charge >= 0.3 is 0 Å². The third kappa shape index (κ3) is 1.96. The summed E-state index contributed by atoms with van der Waals surface area (Å²) in [7, 11) is 0. The molecule has 17 heavy (non-hydrogen) atoms. The summed E-state index contributed by atoms with van der Waals surface area (Å²) in [6.07, 6.45) is 5.76. The van der Waals surface area contributed by atoms with Crippen LogP contribution in [0.25, 0.3) is 11.5 Å². The Morgan fingerprint density at radius 1 is 1.35 bits per heavy atom. The van der Waals surface area contributed by atoms with E-state index in [1.54, 1.807) is 18.6 Å². The van der Waals surface area contributed by atoms with E-state index in [9.17, 15) is 0 Å². The first-order valence-electron chi connectivity index (χ1n) is 5.31. The number of fused-ring (bicyclic) bond motifs is 1. The van der Waals surface area contributed by atoms with Crippen LogP contribution in [0.1, 0.15) is 11.3 Å². The Labute approximate surface area is 103 Å². The van der Waals surface area contributed by atoms with Gasteiger partial charge in [-0.2, -0.15) is 0 Å². The maximum atomic E-state index is 5.37. The minimum atomic E-state index is 0.540. The van der Waals surface area contributed by atoms with E-state index in [2.05, 4.69) is 19.9 Å². The van der Waals surface area contributed by atoms with Crippen LogP contribution in [0, 0.1) is 4.64 Å². The lowest BCUT2D eigenvalue weighted by Crippen LogP contribution is -2.14. The van der Waals surface area contributed by atoms with Crippen LogP contribution in [0.4, 0.5) is 0 Å². The number of nitrogens with zero attached hydrogens (tertiary/aromatic N) is 3. The highest BCUT2D eigenvalue weighted by Crippen LogP contribution is 2.19. The van der Waals surface area contributed by atoms with Crippen molar-refractivity contribution in [2.45, 2.75) is 13.0 Å². The molecular formula is C11H10N4OS. The molecule has 1 N–H and O–H groups in total. The minimum absolute atomic E-state index is 0.540. The molecule has 0 fully saturated rings. The lowest BCUT2D eigenvalue weighted by atomic mass is 10.1. The van der Waals surface area contributed by atoms with E-state index in [1.165, 1.54) is 0 Å². The van der Waals surface area contributed by atoms with Crippen molar-refractivity contribution in [1.29, 1.82) is 0 Å². The fourth-order valence-electron chi connectivity index (χ4n) is 1.80. The maximum absolute atomic E-state index is 5.37. The fourth-order valence-corrected chi connectivity index (χ4v) is 2.07. The molecule has 2 aromatic rings. The lowest BCUT2D eigenvalue weighted by molar-refractivity contribution is 0.108. The van der Waals surface area contributed by atoms with Gasteiger partial charge < -0.3 is 9.72 Å². The molecule has 0 saturated heterocycles. The molecule has 0 unspecified atom stereocenters. The van der Waals surface area contributed by atoms with Crippen LogP contribution < -0.4 is 0 Å². The summed E-state index contributed by atoms with van der Waals surface area (Å²) < 4.78 is 5.95. The first kappa shape index (κ1) is 10.5. The third-order valence-corrected chi connectivity index (χ3v) is 2.99. The average molecular weight is 246 g/mol. The van der Waals surface area contributed by atoms with E-state index in [-0.39, 0.29) is 0 Å². The van der Waals surface area contributed by atoms with Crippen molar-refractivity contribution in [2.75, 3.05) is 6.61 Å². The van der Waals surface area contributed by atoms with Gasteiger partial charge in [-0.3, -0.25) is 4.98 Å². The summed E-state index contributed by atoms with van der Waals surface area (Å²) in [6.45, 7) is 1.25. The molecule has 0 aromatic carbocycles. The van der Waals surface area contributed by atoms with Crippen molar-refractivity contribution in [1.82, 2.24) is 19.9 Å². The van der Waals surface area contributed by atoms with Crippen LogP contribution in [0.3, 0.4) is 0 Å². The van der Waals surface area contributed by atoms with Crippen LogP contribution in [0.5, 0.6) is 0 Å². The lowest BCUT2D eigenvalue weighted by Gasteiger charge is -2.16. The van der Waals surface area contributed by atoms with Crippen molar-refractivity contribution in [3.63, 3.8) is 0 Å². The van der Waals surface area contributed by atoms with Gasteiger partial charge in [-0.25, -0.2) is 9.97 Å². The molecule has 0 radical (unpaired) electrons. The zero-order valence-electron chi connectivity index (χ0n) is 9.01. The zero-order valence-corrected chi connectivity index (χ0v) is 9.83. The summed E-state index contributed by atoms with van der Waals surface area (Å²) in [5.41, 5.74) is 2.78. The number of hydrogen-bond acceptors (Lipinski definition) is 5. The molecule has 2 aromatic heterocycles. The highest BCUT2D eigenvalue weighted by atomic mass is 32.1. The largest absolute Gasteiger partial charge is 0.376 e. The Morgan fingerprint density at radius 2 is 2.29 bits per heavy atom. The number of ether oxygens (including phenoxy) is 1. The van der Waals surface area contributed by atoms with E-state index in [0.29, 0.717) is 29.4 Å². The molecule has 1 aliphatic rings. The third-order valence-electron chi connectivity index (χ3n) is 2.65. The van der Waals surface area contributed by atoms with Gasteiger partial charge in [0.2, 0.25) is 0 Å². The molecule has 1 aliphatic heterocycles. The van der Waals surface area contributed by atoms with Gasteiger partial charge in [0.05, 0.1) is 19.4 Å². The van der Waals surface area contributed by atoms with Crippen LogP contribution in [-0.2, 0) is 17.8 Å². The smallest absolute Gasteiger partial charge is 0.159 e. The van der Waals surface area contributed by atoms with Crippen molar-refractivity contribution in [2.24, 2.45) is 0 Å². The van der Waals surface area contributed by atoms with Crippen molar-refractivity contribution < 1.29 is 4.74 Å².